The van der Waals surface area contributed by atoms with Crippen LogP contribution >= 0.6 is 0 Å². The van der Waals surface area contributed by atoms with E-state index >= 15 is 0 Å². The Hall–Kier alpha value is -0.810. The van der Waals surface area contributed by atoms with Gasteiger partial charge >= 0.3 is 6.09 Å². The van der Waals surface area contributed by atoms with Crippen LogP contribution in [0.25, 0.3) is 0 Å². The van der Waals surface area contributed by atoms with Gasteiger partial charge in [-0.2, -0.15) is 0 Å². The Morgan fingerprint density at radius 2 is 1.92 bits per heavy atom. The summed E-state index contributed by atoms with van der Waals surface area (Å²) in [7, 11) is 3.25. The molecule has 5 heteroatoms. The summed E-state index contributed by atoms with van der Waals surface area (Å²) in [4.78, 5) is 10.5. The quantitative estimate of drug-likeness (QED) is 0.460. The summed E-state index contributed by atoms with van der Waals surface area (Å²) in [5, 5.41) is 8.70. The van der Waals surface area contributed by atoms with Crippen LogP contribution < -0.4 is 16.0 Å². The maximum Gasteiger partial charge on any atom is 0.406 e. The number of likely N-dealkylation sites (N-methyl/N-ethyl adjacent to an activating group) is 1. The third-order valence-electron chi connectivity index (χ3n) is 1.31. The van der Waals surface area contributed by atoms with Crippen molar-refractivity contribution in [2.45, 2.75) is 0 Å². The molecule has 0 spiro atoms. The summed E-state index contributed by atoms with van der Waals surface area (Å²) in [6, 6.07) is 0. The van der Waals surface area contributed by atoms with Crippen molar-refractivity contribution in [3.8, 4) is 0 Å². The summed E-state index contributed by atoms with van der Waals surface area (Å²) < 4.78 is 4.39. The summed E-state index contributed by atoms with van der Waals surface area (Å²) in [6.07, 6.45) is -0.384. The van der Waals surface area contributed by atoms with Crippen LogP contribution in [-0.2, 0) is 4.74 Å². The third kappa shape index (κ3) is 7.30. The van der Waals surface area contributed by atoms with E-state index in [2.05, 4.69) is 20.7 Å². The van der Waals surface area contributed by atoms with Gasteiger partial charge in [-0.05, 0) is 7.05 Å². The minimum absolute atomic E-state index is 0.384. The molecule has 0 aromatic rings. The van der Waals surface area contributed by atoms with Crippen molar-refractivity contribution in [3.05, 3.63) is 0 Å². The van der Waals surface area contributed by atoms with Gasteiger partial charge in [0.25, 0.3) is 0 Å². The van der Waals surface area contributed by atoms with Crippen LogP contribution in [0.2, 0.25) is 0 Å². The largest absolute Gasteiger partial charge is 0.453 e. The molecule has 0 fully saturated rings. The lowest BCUT2D eigenvalue weighted by molar-refractivity contribution is 0.171. The van der Waals surface area contributed by atoms with E-state index in [1.54, 1.807) is 0 Å². The molecule has 0 unspecified atom stereocenters. The van der Waals surface area contributed by atoms with E-state index in [0.29, 0.717) is 6.54 Å². The number of carbonyl (C=O) groups excluding carboxylic acids is 1. The highest BCUT2D eigenvalue weighted by molar-refractivity contribution is 5.66. The van der Waals surface area contributed by atoms with Crippen LogP contribution in [-0.4, -0.2) is 46.4 Å². The summed E-state index contributed by atoms with van der Waals surface area (Å²) in [5.41, 5.74) is 0. The second-order valence-electron chi connectivity index (χ2n) is 2.27. The fourth-order valence-corrected chi connectivity index (χ4v) is 0.664. The van der Waals surface area contributed by atoms with Crippen molar-refractivity contribution in [1.29, 1.82) is 0 Å². The smallest absolute Gasteiger partial charge is 0.406 e. The third-order valence-corrected chi connectivity index (χ3v) is 1.31. The minimum Gasteiger partial charge on any atom is -0.453 e. The number of ether oxygens (including phenoxy) is 1. The molecule has 0 aliphatic rings. The van der Waals surface area contributed by atoms with Gasteiger partial charge in [-0.1, -0.05) is 0 Å². The first kappa shape index (κ1) is 11.2. The average molecular weight is 175 g/mol. The van der Waals surface area contributed by atoms with Crippen LogP contribution in [0.5, 0.6) is 0 Å². The molecule has 0 aromatic heterocycles. The van der Waals surface area contributed by atoms with Gasteiger partial charge in [-0.15, -0.1) is 0 Å². The molecule has 0 rings (SSSR count). The molecular formula is C7H17N3O2. The second-order valence-corrected chi connectivity index (χ2v) is 2.27. The van der Waals surface area contributed by atoms with Crippen molar-refractivity contribution < 1.29 is 9.53 Å². The van der Waals surface area contributed by atoms with E-state index in [0.717, 1.165) is 19.6 Å². The van der Waals surface area contributed by atoms with Gasteiger partial charge in [-0.3, -0.25) is 0 Å². The molecule has 0 aliphatic heterocycles. The first-order chi connectivity index (χ1) is 5.81. The molecule has 5 nitrogen and oxygen atoms in total. The van der Waals surface area contributed by atoms with Crippen molar-refractivity contribution >= 4 is 6.09 Å². The first-order valence-corrected chi connectivity index (χ1v) is 3.98. The van der Waals surface area contributed by atoms with E-state index in [9.17, 15) is 4.79 Å². The normalized spacial score (nSPS) is 9.50. The molecule has 3 N–H and O–H groups in total. The number of carbonyl (C=O) groups is 1. The maximum absolute atomic E-state index is 10.5. The highest BCUT2D eigenvalue weighted by Crippen LogP contribution is 1.68. The predicted octanol–water partition coefficient (Wildman–Crippen LogP) is -0.849. The van der Waals surface area contributed by atoms with E-state index in [4.69, 9.17) is 0 Å². The lowest BCUT2D eigenvalue weighted by Crippen LogP contribution is -2.34. The van der Waals surface area contributed by atoms with Gasteiger partial charge in [-0.25, -0.2) is 4.79 Å². The molecule has 72 valence electrons. The molecule has 0 saturated heterocycles. The molecule has 1 amide bonds. The highest BCUT2D eigenvalue weighted by Gasteiger charge is 1.94. The lowest BCUT2D eigenvalue weighted by Gasteiger charge is -2.04. The zero-order valence-electron chi connectivity index (χ0n) is 7.64. The van der Waals surface area contributed by atoms with E-state index in [1.165, 1.54) is 7.11 Å². The number of alkyl carbamates (subject to hydrolysis) is 1. The first-order valence-electron chi connectivity index (χ1n) is 3.98. The number of amides is 1. The number of hydrogen-bond donors (Lipinski definition) is 3. The monoisotopic (exact) mass is 175 g/mol. The van der Waals surface area contributed by atoms with Gasteiger partial charge in [0.1, 0.15) is 0 Å². The van der Waals surface area contributed by atoms with Gasteiger partial charge in [0.15, 0.2) is 0 Å². The summed E-state index contributed by atoms with van der Waals surface area (Å²) in [5.74, 6) is 0. The van der Waals surface area contributed by atoms with Gasteiger partial charge in [0.05, 0.1) is 7.11 Å². The van der Waals surface area contributed by atoms with Crippen LogP contribution in [0.15, 0.2) is 0 Å². The minimum atomic E-state index is -0.384. The van der Waals surface area contributed by atoms with Gasteiger partial charge in [0, 0.05) is 26.2 Å². The SMILES string of the molecule is CNCCNCCNC(=O)OC. The Morgan fingerprint density at radius 1 is 1.25 bits per heavy atom. The topological polar surface area (TPSA) is 62.4 Å². The Labute approximate surface area is 72.9 Å². The zero-order valence-corrected chi connectivity index (χ0v) is 7.64. The van der Waals surface area contributed by atoms with Crippen molar-refractivity contribution in [3.63, 3.8) is 0 Å². The molecule has 0 saturated carbocycles. The van der Waals surface area contributed by atoms with Crippen LogP contribution in [0.4, 0.5) is 4.79 Å². The summed E-state index contributed by atoms with van der Waals surface area (Å²) in [6.45, 7) is 3.19. The predicted molar refractivity (Wildman–Crippen MR) is 47.2 cm³/mol. The number of methoxy groups -OCH3 is 1. The molecule has 0 aromatic carbocycles. The molecule has 0 radical (unpaired) electrons. The zero-order chi connectivity index (χ0) is 9.23. The fraction of sp³-hybridized carbons (Fsp3) is 0.857. The highest BCUT2D eigenvalue weighted by atomic mass is 16.5. The maximum atomic E-state index is 10.5. The molecular weight excluding hydrogens is 158 g/mol. The lowest BCUT2D eigenvalue weighted by atomic mass is 10.5. The molecule has 12 heavy (non-hydrogen) atoms. The Morgan fingerprint density at radius 3 is 2.50 bits per heavy atom. The fourth-order valence-electron chi connectivity index (χ4n) is 0.664. The average Bonchev–Trinajstić information content (AvgIpc) is 2.10. The van der Waals surface area contributed by atoms with Crippen molar-refractivity contribution in [2.75, 3.05) is 40.3 Å². The standard InChI is InChI=1S/C7H17N3O2/c1-8-3-4-9-5-6-10-7(11)12-2/h8-9H,3-6H2,1-2H3,(H,10,11). The van der Waals surface area contributed by atoms with Crippen LogP contribution in [0, 0.1) is 0 Å². The Balaban J connectivity index is 2.95. The second kappa shape index (κ2) is 8.29. The molecule has 0 heterocycles. The van der Waals surface area contributed by atoms with Crippen LogP contribution in [0.3, 0.4) is 0 Å². The van der Waals surface area contributed by atoms with Gasteiger partial charge in [0.2, 0.25) is 0 Å². The van der Waals surface area contributed by atoms with Crippen LogP contribution in [0.1, 0.15) is 0 Å². The van der Waals surface area contributed by atoms with E-state index in [-0.39, 0.29) is 6.09 Å². The van der Waals surface area contributed by atoms with Crippen molar-refractivity contribution in [2.24, 2.45) is 0 Å². The number of hydrogen-bond acceptors (Lipinski definition) is 4. The molecule has 0 atom stereocenters. The van der Waals surface area contributed by atoms with Crippen molar-refractivity contribution in [1.82, 2.24) is 16.0 Å². The van der Waals surface area contributed by atoms with E-state index in [1.807, 2.05) is 7.05 Å². The molecule has 0 aliphatic carbocycles. The number of rotatable bonds is 6. The van der Waals surface area contributed by atoms with Gasteiger partial charge < -0.3 is 20.7 Å². The Kier molecular flexibility index (Phi) is 7.73. The number of nitrogens with one attached hydrogen (secondary N) is 3. The Bertz CT molecular complexity index is 119. The van der Waals surface area contributed by atoms with E-state index < -0.39 is 0 Å². The molecule has 0 bridgehead atoms. The summed E-state index contributed by atoms with van der Waals surface area (Å²) >= 11 is 0.